The molecule has 31 heavy (non-hydrogen) atoms. The summed E-state index contributed by atoms with van der Waals surface area (Å²) >= 11 is 0. The van der Waals surface area contributed by atoms with Crippen LogP contribution in [0.15, 0.2) is 79.1 Å². The number of halogens is 1. The number of hydrogen-bond acceptors (Lipinski definition) is 3. The molecule has 5 aromatic rings. The van der Waals surface area contributed by atoms with Gasteiger partial charge in [-0.1, -0.05) is 48.5 Å². The van der Waals surface area contributed by atoms with E-state index in [1.165, 1.54) is 10.9 Å². The number of nitrogens with zero attached hydrogens (tertiary/aromatic N) is 3. The van der Waals surface area contributed by atoms with Crippen LogP contribution >= 0.6 is 0 Å². The zero-order valence-electron chi connectivity index (χ0n) is 16.9. The third-order valence-corrected chi connectivity index (χ3v) is 6.29. The monoisotopic (exact) mass is 408 g/mol. The molecule has 1 N–H and O–H groups in total. The molecule has 0 spiro atoms. The first-order chi connectivity index (χ1) is 15.3. The average molecular weight is 408 g/mol. The lowest BCUT2D eigenvalue weighted by atomic mass is 9.91. The van der Waals surface area contributed by atoms with E-state index >= 15 is 4.39 Å². The highest BCUT2D eigenvalue weighted by molar-refractivity contribution is 5.85. The molecule has 1 aliphatic rings. The molecule has 0 saturated carbocycles. The number of H-pyrrole nitrogens is 1. The Labute approximate surface area is 179 Å². The summed E-state index contributed by atoms with van der Waals surface area (Å²) in [4.78, 5) is 15.0. The van der Waals surface area contributed by atoms with Gasteiger partial charge in [-0.3, -0.25) is 14.9 Å². The van der Waals surface area contributed by atoms with Crippen molar-refractivity contribution >= 4 is 21.9 Å². The van der Waals surface area contributed by atoms with Crippen LogP contribution in [0.4, 0.5) is 4.39 Å². The van der Waals surface area contributed by atoms with Crippen molar-refractivity contribution in [2.45, 2.75) is 19.0 Å². The summed E-state index contributed by atoms with van der Waals surface area (Å²) in [6.07, 6.45) is 4.36. The number of rotatable bonds is 3. The van der Waals surface area contributed by atoms with Gasteiger partial charge in [0.2, 0.25) is 0 Å². The fourth-order valence-electron chi connectivity index (χ4n) is 4.91. The van der Waals surface area contributed by atoms with E-state index in [0.717, 1.165) is 40.8 Å². The lowest BCUT2D eigenvalue weighted by Gasteiger charge is -2.36. The molecule has 1 unspecified atom stereocenters. The van der Waals surface area contributed by atoms with Gasteiger partial charge >= 0.3 is 0 Å². The van der Waals surface area contributed by atoms with E-state index < -0.39 is 0 Å². The standard InChI is InChI=1S/C26H21FN4/c27-21-9-3-1-8-20(21)26-25-19(18-7-2-4-10-22(18)30-25)12-15-31(26)16-17-6-5-11-23-24(17)29-14-13-28-23/h1-11,13-14,26,30H,12,15-16H2. The van der Waals surface area contributed by atoms with Gasteiger partial charge in [-0.2, -0.15) is 0 Å². The predicted octanol–water partition coefficient (Wildman–Crippen LogP) is 5.40. The summed E-state index contributed by atoms with van der Waals surface area (Å²) in [5, 5.41) is 1.23. The summed E-state index contributed by atoms with van der Waals surface area (Å²) in [6, 6.07) is 21.4. The number of aromatic nitrogens is 3. The Kier molecular flexibility index (Phi) is 4.28. The van der Waals surface area contributed by atoms with E-state index in [4.69, 9.17) is 0 Å². The smallest absolute Gasteiger partial charge is 0.128 e. The maximum atomic E-state index is 15.0. The second-order valence-electron chi connectivity index (χ2n) is 8.05. The van der Waals surface area contributed by atoms with Gasteiger partial charge in [0.1, 0.15) is 5.82 Å². The molecular weight excluding hydrogens is 387 g/mol. The zero-order valence-corrected chi connectivity index (χ0v) is 16.9. The number of nitrogens with one attached hydrogen (secondary N) is 1. The Balaban J connectivity index is 1.50. The van der Waals surface area contributed by atoms with E-state index in [2.05, 4.69) is 44.1 Å². The van der Waals surface area contributed by atoms with Crippen molar-refractivity contribution in [2.75, 3.05) is 6.54 Å². The average Bonchev–Trinajstić information content (AvgIpc) is 3.19. The van der Waals surface area contributed by atoms with E-state index in [9.17, 15) is 0 Å². The number of aromatic amines is 1. The van der Waals surface area contributed by atoms with Crippen molar-refractivity contribution in [3.05, 3.63) is 107 Å². The molecule has 1 atom stereocenters. The molecule has 0 bridgehead atoms. The minimum atomic E-state index is -0.190. The Hall–Kier alpha value is -3.57. The summed E-state index contributed by atoms with van der Waals surface area (Å²) < 4.78 is 15.0. The molecule has 6 rings (SSSR count). The molecule has 4 nitrogen and oxygen atoms in total. The molecule has 0 fully saturated rings. The molecule has 5 heteroatoms. The van der Waals surface area contributed by atoms with Gasteiger partial charge in [-0.25, -0.2) is 4.39 Å². The van der Waals surface area contributed by atoms with Crippen LogP contribution in [0.2, 0.25) is 0 Å². The zero-order chi connectivity index (χ0) is 20.8. The molecule has 0 amide bonds. The molecule has 3 heterocycles. The second-order valence-corrected chi connectivity index (χ2v) is 8.05. The van der Waals surface area contributed by atoms with Gasteiger partial charge in [0.15, 0.2) is 0 Å². The van der Waals surface area contributed by atoms with Gasteiger partial charge in [-0.05, 0) is 35.7 Å². The molecule has 0 saturated heterocycles. The number of benzene rings is 3. The first kappa shape index (κ1) is 18.2. The molecule has 152 valence electrons. The maximum Gasteiger partial charge on any atom is 0.128 e. The molecule has 2 aromatic heterocycles. The topological polar surface area (TPSA) is 44.8 Å². The normalized spacial score (nSPS) is 16.6. The molecule has 0 radical (unpaired) electrons. The molecule has 0 aliphatic carbocycles. The van der Waals surface area contributed by atoms with Crippen LogP contribution in [-0.4, -0.2) is 26.4 Å². The van der Waals surface area contributed by atoms with Crippen molar-refractivity contribution in [1.82, 2.24) is 19.9 Å². The minimum absolute atomic E-state index is 0.179. The van der Waals surface area contributed by atoms with Crippen LogP contribution < -0.4 is 0 Å². The van der Waals surface area contributed by atoms with Crippen LogP contribution in [0.1, 0.15) is 28.4 Å². The largest absolute Gasteiger partial charge is 0.357 e. The first-order valence-corrected chi connectivity index (χ1v) is 10.6. The fourth-order valence-corrected chi connectivity index (χ4v) is 4.91. The van der Waals surface area contributed by atoms with E-state index in [0.29, 0.717) is 12.1 Å². The summed E-state index contributed by atoms with van der Waals surface area (Å²) in [5.41, 5.74) is 7.06. The molecule has 3 aromatic carbocycles. The Bertz CT molecular complexity index is 1400. The highest BCUT2D eigenvalue weighted by atomic mass is 19.1. The van der Waals surface area contributed by atoms with Gasteiger partial charge in [0.25, 0.3) is 0 Å². The third kappa shape index (κ3) is 3.01. The van der Waals surface area contributed by atoms with E-state index in [1.54, 1.807) is 24.5 Å². The van der Waals surface area contributed by atoms with Crippen LogP contribution in [-0.2, 0) is 13.0 Å². The van der Waals surface area contributed by atoms with Gasteiger partial charge in [0.05, 0.1) is 17.1 Å². The predicted molar refractivity (Wildman–Crippen MR) is 120 cm³/mol. The lowest BCUT2D eigenvalue weighted by molar-refractivity contribution is 0.199. The first-order valence-electron chi connectivity index (χ1n) is 10.6. The van der Waals surface area contributed by atoms with Crippen LogP contribution in [0.3, 0.4) is 0 Å². The maximum absolute atomic E-state index is 15.0. The Morgan fingerprint density at radius 1 is 0.935 bits per heavy atom. The van der Waals surface area contributed by atoms with Crippen LogP contribution in [0, 0.1) is 5.82 Å². The van der Waals surface area contributed by atoms with Crippen molar-refractivity contribution in [3.8, 4) is 0 Å². The van der Waals surface area contributed by atoms with Crippen molar-refractivity contribution < 1.29 is 4.39 Å². The Morgan fingerprint density at radius 2 is 1.77 bits per heavy atom. The van der Waals surface area contributed by atoms with Crippen LogP contribution in [0.5, 0.6) is 0 Å². The molecular formula is C26H21FN4. The molecule has 1 aliphatic heterocycles. The van der Waals surface area contributed by atoms with E-state index in [-0.39, 0.29) is 11.9 Å². The minimum Gasteiger partial charge on any atom is -0.357 e. The number of fused-ring (bicyclic) bond motifs is 4. The van der Waals surface area contributed by atoms with Gasteiger partial charge < -0.3 is 4.98 Å². The number of hydrogen-bond donors (Lipinski definition) is 1. The second kappa shape index (κ2) is 7.29. The summed E-state index contributed by atoms with van der Waals surface area (Å²) in [6.45, 7) is 1.51. The van der Waals surface area contributed by atoms with Gasteiger partial charge in [0, 0.05) is 47.6 Å². The quantitative estimate of drug-likeness (QED) is 0.435. The van der Waals surface area contributed by atoms with Crippen molar-refractivity contribution in [3.63, 3.8) is 0 Å². The van der Waals surface area contributed by atoms with Crippen LogP contribution in [0.25, 0.3) is 21.9 Å². The number of para-hydroxylation sites is 2. The van der Waals surface area contributed by atoms with Crippen molar-refractivity contribution in [1.29, 1.82) is 0 Å². The van der Waals surface area contributed by atoms with Crippen molar-refractivity contribution in [2.24, 2.45) is 0 Å². The van der Waals surface area contributed by atoms with E-state index in [1.807, 2.05) is 30.3 Å². The summed E-state index contributed by atoms with van der Waals surface area (Å²) in [7, 11) is 0. The Morgan fingerprint density at radius 3 is 2.71 bits per heavy atom. The summed E-state index contributed by atoms with van der Waals surface area (Å²) in [5.74, 6) is -0.179. The lowest BCUT2D eigenvalue weighted by Crippen LogP contribution is -2.36. The van der Waals surface area contributed by atoms with Gasteiger partial charge in [-0.15, -0.1) is 0 Å². The highest BCUT2D eigenvalue weighted by Gasteiger charge is 2.33. The highest BCUT2D eigenvalue weighted by Crippen LogP contribution is 2.40. The third-order valence-electron chi connectivity index (χ3n) is 6.29. The SMILES string of the molecule is Fc1ccccc1C1c2[nH]c3ccccc3c2CCN1Cc1cccc2nccnc12. The fraction of sp³-hybridized carbons (Fsp3) is 0.154.